The number of hydrogen-bond acceptors (Lipinski definition) is 5. The van der Waals surface area contributed by atoms with Gasteiger partial charge in [-0.15, -0.1) is 0 Å². The van der Waals surface area contributed by atoms with Crippen LogP contribution in [0.2, 0.25) is 0 Å². The summed E-state index contributed by atoms with van der Waals surface area (Å²) in [6.45, 7) is 1.79. The van der Waals surface area contributed by atoms with Crippen LogP contribution < -0.4 is 16.0 Å². The quantitative estimate of drug-likeness (QED) is 0.860. The molecule has 0 amide bonds. The lowest BCUT2D eigenvalue weighted by Gasteiger charge is -2.17. The van der Waals surface area contributed by atoms with Gasteiger partial charge in [-0.25, -0.2) is 4.79 Å². The molecule has 3 atom stereocenters. The highest BCUT2D eigenvalue weighted by Gasteiger charge is 2.36. The molecule has 0 spiro atoms. The van der Waals surface area contributed by atoms with Crippen molar-refractivity contribution in [3.05, 3.63) is 62.9 Å². The predicted octanol–water partition coefficient (Wildman–Crippen LogP) is 0.572. The molecule has 1 saturated heterocycles. The SMILES string of the molecule is Cc1cn([C@H]2CC(O)[C@@H](COc3ccccc3)O2)c(=O)[nH]c1=O. The highest BCUT2D eigenvalue weighted by atomic mass is 16.6. The molecule has 3 rings (SSSR count). The van der Waals surface area contributed by atoms with Gasteiger partial charge in [0.2, 0.25) is 0 Å². The van der Waals surface area contributed by atoms with Crippen molar-refractivity contribution in [2.24, 2.45) is 0 Å². The topological polar surface area (TPSA) is 93.6 Å². The van der Waals surface area contributed by atoms with Gasteiger partial charge in [0.05, 0.1) is 6.10 Å². The molecule has 23 heavy (non-hydrogen) atoms. The maximum Gasteiger partial charge on any atom is 0.330 e. The van der Waals surface area contributed by atoms with E-state index in [9.17, 15) is 14.7 Å². The van der Waals surface area contributed by atoms with E-state index in [-0.39, 0.29) is 13.0 Å². The minimum atomic E-state index is -0.747. The zero-order chi connectivity index (χ0) is 16.4. The average molecular weight is 318 g/mol. The van der Waals surface area contributed by atoms with Crippen LogP contribution in [0.5, 0.6) is 5.75 Å². The van der Waals surface area contributed by atoms with Crippen LogP contribution in [0.15, 0.2) is 46.1 Å². The van der Waals surface area contributed by atoms with E-state index >= 15 is 0 Å². The van der Waals surface area contributed by atoms with E-state index in [1.54, 1.807) is 6.92 Å². The maximum atomic E-state index is 11.9. The summed E-state index contributed by atoms with van der Waals surface area (Å²) in [5.74, 6) is 0.684. The lowest BCUT2D eigenvalue weighted by atomic mass is 10.2. The first-order chi connectivity index (χ1) is 11.0. The fraction of sp³-hybridized carbons (Fsp3) is 0.375. The zero-order valence-electron chi connectivity index (χ0n) is 12.6. The molecule has 0 saturated carbocycles. The molecule has 1 aromatic carbocycles. The van der Waals surface area contributed by atoms with Crippen molar-refractivity contribution < 1.29 is 14.6 Å². The van der Waals surface area contributed by atoms with E-state index in [1.165, 1.54) is 10.8 Å². The first-order valence-electron chi connectivity index (χ1n) is 7.38. The summed E-state index contributed by atoms with van der Waals surface area (Å²) in [5, 5.41) is 10.1. The van der Waals surface area contributed by atoms with Crippen molar-refractivity contribution in [1.82, 2.24) is 9.55 Å². The van der Waals surface area contributed by atoms with E-state index < -0.39 is 29.7 Å². The van der Waals surface area contributed by atoms with Gasteiger partial charge in [-0.1, -0.05) is 18.2 Å². The Bertz CT molecular complexity index is 783. The molecule has 0 bridgehead atoms. The van der Waals surface area contributed by atoms with Gasteiger partial charge in [-0.3, -0.25) is 14.3 Å². The molecule has 2 aromatic rings. The summed E-state index contributed by atoms with van der Waals surface area (Å²) in [6.07, 6.45) is -0.215. The first kappa shape index (κ1) is 15.5. The van der Waals surface area contributed by atoms with Crippen LogP contribution in [0.1, 0.15) is 18.2 Å². The molecule has 1 aromatic heterocycles. The number of rotatable bonds is 4. The molecule has 1 unspecified atom stereocenters. The zero-order valence-corrected chi connectivity index (χ0v) is 12.6. The smallest absolute Gasteiger partial charge is 0.330 e. The van der Waals surface area contributed by atoms with Crippen molar-refractivity contribution in [1.29, 1.82) is 0 Å². The number of aromatic amines is 1. The first-order valence-corrected chi connectivity index (χ1v) is 7.38. The van der Waals surface area contributed by atoms with Crippen molar-refractivity contribution >= 4 is 0 Å². The van der Waals surface area contributed by atoms with E-state index in [4.69, 9.17) is 9.47 Å². The number of hydrogen-bond donors (Lipinski definition) is 2. The molecular formula is C16H18N2O5. The number of aryl methyl sites for hydroxylation is 1. The Balaban J connectivity index is 1.70. The monoisotopic (exact) mass is 318 g/mol. The lowest BCUT2D eigenvalue weighted by Crippen LogP contribution is -2.33. The maximum absolute atomic E-state index is 11.9. The van der Waals surface area contributed by atoms with Gasteiger partial charge in [-0.05, 0) is 19.1 Å². The van der Waals surface area contributed by atoms with Crippen molar-refractivity contribution in [2.75, 3.05) is 6.61 Å². The number of ether oxygens (including phenoxy) is 2. The number of aliphatic hydroxyl groups is 1. The highest BCUT2D eigenvalue weighted by Crippen LogP contribution is 2.28. The largest absolute Gasteiger partial charge is 0.491 e. The van der Waals surface area contributed by atoms with Crippen molar-refractivity contribution in [3.8, 4) is 5.75 Å². The molecule has 0 aliphatic carbocycles. The molecule has 2 heterocycles. The Morgan fingerprint density at radius 1 is 1.35 bits per heavy atom. The number of para-hydroxylation sites is 1. The number of aromatic nitrogens is 2. The predicted molar refractivity (Wildman–Crippen MR) is 82.5 cm³/mol. The molecule has 1 aliphatic rings. The van der Waals surface area contributed by atoms with Gasteiger partial charge >= 0.3 is 5.69 Å². The second-order valence-corrected chi connectivity index (χ2v) is 5.53. The molecular weight excluding hydrogens is 300 g/mol. The third-order valence-electron chi connectivity index (χ3n) is 3.82. The van der Waals surface area contributed by atoms with Crippen LogP contribution in [0, 0.1) is 6.92 Å². The van der Waals surface area contributed by atoms with E-state index in [1.807, 2.05) is 30.3 Å². The Kier molecular flexibility index (Phi) is 4.31. The molecule has 2 N–H and O–H groups in total. The van der Waals surface area contributed by atoms with Crippen LogP contribution in [-0.4, -0.2) is 33.5 Å². The number of aliphatic hydroxyl groups excluding tert-OH is 1. The van der Waals surface area contributed by atoms with Gasteiger partial charge in [-0.2, -0.15) is 0 Å². The molecule has 1 fully saturated rings. The third kappa shape index (κ3) is 3.35. The van der Waals surface area contributed by atoms with Gasteiger partial charge < -0.3 is 14.6 Å². The summed E-state index contributed by atoms with van der Waals surface area (Å²) in [7, 11) is 0. The van der Waals surface area contributed by atoms with E-state index in [0.717, 1.165) is 0 Å². The van der Waals surface area contributed by atoms with Crippen LogP contribution in [-0.2, 0) is 4.74 Å². The van der Waals surface area contributed by atoms with Crippen molar-refractivity contribution in [2.45, 2.75) is 31.8 Å². The van der Waals surface area contributed by atoms with Gasteiger partial charge in [0, 0.05) is 18.2 Å². The summed E-state index contributed by atoms with van der Waals surface area (Å²) >= 11 is 0. The average Bonchev–Trinajstić information content (AvgIpc) is 2.91. The minimum absolute atomic E-state index is 0.179. The second-order valence-electron chi connectivity index (χ2n) is 5.53. The Hall–Kier alpha value is -2.38. The van der Waals surface area contributed by atoms with Crippen LogP contribution in [0.4, 0.5) is 0 Å². The highest BCUT2D eigenvalue weighted by molar-refractivity contribution is 5.21. The van der Waals surface area contributed by atoms with Gasteiger partial charge in [0.15, 0.2) is 0 Å². The number of benzene rings is 1. The summed E-state index contributed by atoms with van der Waals surface area (Å²) in [4.78, 5) is 25.5. The molecule has 7 nitrogen and oxygen atoms in total. The van der Waals surface area contributed by atoms with Crippen LogP contribution in [0.3, 0.4) is 0 Å². The number of nitrogens with one attached hydrogen (secondary N) is 1. The van der Waals surface area contributed by atoms with Crippen LogP contribution >= 0.6 is 0 Å². The molecule has 7 heteroatoms. The molecule has 0 radical (unpaired) electrons. The summed E-state index contributed by atoms with van der Waals surface area (Å²) < 4.78 is 12.6. The number of nitrogens with zero attached hydrogens (tertiary/aromatic N) is 1. The number of H-pyrrole nitrogens is 1. The Morgan fingerprint density at radius 3 is 2.83 bits per heavy atom. The Labute approximate surface area is 132 Å². The normalized spacial score (nSPS) is 23.8. The fourth-order valence-corrected chi connectivity index (χ4v) is 2.53. The van der Waals surface area contributed by atoms with Crippen LogP contribution in [0.25, 0.3) is 0 Å². The van der Waals surface area contributed by atoms with Crippen molar-refractivity contribution in [3.63, 3.8) is 0 Å². The fourth-order valence-electron chi connectivity index (χ4n) is 2.53. The second kappa shape index (κ2) is 6.39. The summed E-state index contributed by atoms with van der Waals surface area (Å²) in [5.41, 5.74) is -0.567. The van der Waals surface area contributed by atoms with E-state index in [0.29, 0.717) is 11.3 Å². The molecule has 122 valence electrons. The lowest BCUT2D eigenvalue weighted by molar-refractivity contribution is -0.0410. The van der Waals surface area contributed by atoms with E-state index in [2.05, 4.69) is 4.98 Å². The standard InChI is InChI=1S/C16H18N2O5/c1-10-8-18(16(21)17-15(10)20)14-7-12(19)13(23-14)9-22-11-5-3-2-4-6-11/h2-6,8,12-14,19H,7,9H2,1H3,(H,17,20,21)/t12?,13-,14-/m1/s1. The Morgan fingerprint density at radius 2 is 2.09 bits per heavy atom. The van der Waals surface area contributed by atoms with Gasteiger partial charge in [0.25, 0.3) is 5.56 Å². The minimum Gasteiger partial charge on any atom is -0.491 e. The van der Waals surface area contributed by atoms with Gasteiger partial charge in [0.1, 0.15) is 24.7 Å². The third-order valence-corrected chi connectivity index (χ3v) is 3.82. The summed E-state index contributed by atoms with van der Waals surface area (Å²) in [6, 6.07) is 9.22. The molecule has 1 aliphatic heterocycles.